The number of benzene rings is 1. The van der Waals surface area contributed by atoms with E-state index in [1.807, 2.05) is 0 Å². The van der Waals surface area contributed by atoms with Gasteiger partial charge in [-0.1, -0.05) is 6.07 Å². The number of isothiocyanates is 1. The van der Waals surface area contributed by atoms with Gasteiger partial charge in [-0.3, -0.25) is 4.99 Å². The topological polar surface area (TPSA) is 103 Å². The van der Waals surface area contributed by atoms with E-state index in [0.29, 0.717) is 17.1 Å². The van der Waals surface area contributed by atoms with Crippen LogP contribution in [0.15, 0.2) is 45.6 Å². The smallest absolute Gasteiger partial charge is 0.354 e. The first-order valence-electron chi connectivity index (χ1n) is 6.56. The largest absolute Gasteiger partial charge is 0.479 e. The number of hydrogen-bond acceptors (Lipinski definition) is 6. The molecule has 7 nitrogen and oxygen atoms in total. The number of anilines is 1. The van der Waals surface area contributed by atoms with Crippen LogP contribution in [0.25, 0.3) is 0 Å². The van der Waals surface area contributed by atoms with Crippen LogP contribution in [-0.2, 0) is 9.59 Å². The molecule has 1 aromatic carbocycles. The molecule has 2 N–H and O–H groups in total. The van der Waals surface area contributed by atoms with Gasteiger partial charge in [0.25, 0.3) is 0 Å². The fourth-order valence-corrected chi connectivity index (χ4v) is 2.56. The van der Waals surface area contributed by atoms with Gasteiger partial charge in [0.1, 0.15) is 5.70 Å². The van der Waals surface area contributed by atoms with Crippen LogP contribution in [-0.4, -0.2) is 39.1 Å². The maximum Gasteiger partial charge on any atom is 0.354 e. The van der Waals surface area contributed by atoms with Gasteiger partial charge in [-0.2, -0.15) is 4.99 Å². The van der Waals surface area contributed by atoms with Gasteiger partial charge in [0.2, 0.25) is 0 Å². The van der Waals surface area contributed by atoms with Crippen LogP contribution in [0.2, 0.25) is 0 Å². The lowest BCUT2D eigenvalue weighted by Crippen LogP contribution is -2.49. The summed E-state index contributed by atoms with van der Waals surface area (Å²) in [5.41, 5.74) is 1.16. The van der Waals surface area contributed by atoms with E-state index < -0.39 is 18.0 Å². The highest BCUT2D eigenvalue weighted by Crippen LogP contribution is 2.31. The molecule has 23 heavy (non-hydrogen) atoms. The van der Waals surface area contributed by atoms with Crippen molar-refractivity contribution in [2.45, 2.75) is 19.9 Å². The van der Waals surface area contributed by atoms with Gasteiger partial charge < -0.3 is 15.1 Å². The molecule has 0 spiro atoms. The highest BCUT2D eigenvalue weighted by atomic mass is 32.1. The number of hydrogen-bond donors (Lipinski definition) is 2. The Balaban J connectivity index is 2.69. The van der Waals surface area contributed by atoms with Crippen LogP contribution in [0.4, 0.5) is 11.4 Å². The first-order valence-corrected chi connectivity index (χ1v) is 6.97. The minimum atomic E-state index is -1.26. The Bertz CT molecular complexity index is 794. The van der Waals surface area contributed by atoms with E-state index in [4.69, 9.17) is 0 Å². The number of thiocarbonyl (C=S) groups is 1. The standard InChI is InChI=1S/C15H13N3O4S/c1-8-12(14(19)20)18(13(15(21)22)9(2)17-8)11-5-3-4-10(6-11)16-7-23/h3-6,12H,1-2H3,(H,19,20)(H,21,22). The molecule has 1 aromatic rings. The zero-order chi connectivity index (χ0) is 17.1. The van der Waals surface area contributed by atoms with E-state index in [2.05, 4.69) is 27.4 Å². The number of rotatable bonds is 4. The van der Waals surface area contributed by atoms with Crippen LogP contribution in [0.3, 0.4) is 0 Å². The van der Waals surface area contributed by atoms with Crippen molar-refractivity contribution < 1.29 is 19.8 Å². The summed E-state index contributed by atoms with van der Waals surface area (Å²) >= 11 is 4.55. The Kier molecular flexibility index (Phi) is 4.68. The predicted octanol–water partition coefficient (Wildman–Crippen LogP) is 2.47. The van der Waals surface area contributed by atoms with Crippen LogP contribution >= 0.6 is 12.2 Å². The number of nitrogens with zero attached hydrogens (tertiary/aromatic N) is 3. The van der Waals surface area contributed by atoms with E-state index in [-0.39, 0.29) is 11.4 Å². The second kappa shape index (κ2) is 6.51. The lowest BCUT2D eigenvalue weighted by Gasteiger charge is -2.34. The summed E-state index contributed by atoms with van der Waals surface area (Å²) in [5, 5.41) is 21.2. The fourth-order valence-electron chi connectivity index (χ4n) is 2.46. The van der Waals surface area contributed by atoms with E-state index in [1.165, 1.54) is 11.8 Å². The van der Waals surface area contributed by atoms with Crippen molar-refractivity contribution in [3.05, 3.63) is 35.7 Å². The molecule has 118 valence electrons. The number of aliphatic imine (C=N–C) groups is 2. The number of aliphatic carboxylic acids is 2. The van der Waals surface area contributed by atoms with Crippen molar-refractivity contribution >= 4 is 46.4 Å². The molecule has 1 aliphatic heterocycles. The van der Waals surface area contributed by atoms with E-state index in [9.17, 15) is 19.8 Å². The maximum atomic E-state index is 11.6. The number of carbonyl (C=O) groups is 2. The number of allylic oxidation sites excluding steroid dienone is 1. The third kappa shape index (κ3) is 3.18. The molecule has 8 heteroatoms. The molecule has 1 atom stereocenters. The third-order valence-corrected chi connectivity index (χ3v) is 3.39. The van der Waals surface area contributed by atoms with E-state index >= 15 is 0 Å². The van der Waals surface area contributed by atoms with Gasteiger partial charge in [-0.25, -0.2) is 9.59 Å². The lowest BCUT2D eigenvalue weighted by molar-refractivity contribution is -0.137. The zero-order valence-electron chi connectivity index (χ0n) is 12.3. The quantitative estimate of drug-likeness (QED) is 0.649. The highest BCUT2D eigenvalue weighted by molar-refractivity contribution is 7.78. The van der Waals surface area contributed by atoms with Gasteiger partial charge in [-0.15, -0.1) is 0 Å². The summed E-state index contributed by atoms with van der Waals surface area (Å²) in [6.45, 7) is 3.07. The molecule has 0 amide bonds. The van der Waals surface area contributed by atoms with Gasteiger partial charge >= 0.3 is 11.9 Å². The van der Waals surface area contributed by atoms with Crippen molar-refractivity contribution in [3.63, 3.8) is 0 Å². The molecular formula is C15H13N3O4S. The fraction of sp³-hybridized carbons (Fsp3) is 0.200. The Hall–Kier alpha value is -2.83. The summed E-state index contributed by atoms with van der Waals surface area (Å²) in [6.07, 6.45) is 0. The van der Waals surface area contributed by atoms with Crippen LogP contribution < -0.4 is 4.90 Å². The Morgan fingerprint density at radius 3 is 2.61 bits per heavy atom. The normalized spacial score (nSPS) is 17.4. The Morgan fingerprint density at radius 1 is 1.35 bits per heavy atom. The third-order valence-electron chi connectivity index (χ3n) is 3.30. The molecule has 0 saturated carbocycles. The SMILES string of the molecule is CC1=NC(C)=C(C(=O)O)N(c2cccc(N=C=S)c2)C1C(=O)O. The second-order valence-electron chi connectivity index (χ2n) is 4.83. The molecule has 2 rings (SSSR count). The summed E-state index contributed by atoms with van der Waals surface area (Å²) < 4.78 is 0. The maximum absolute atomic E-state index is 11.6. The van der Waals surface area contributed by atoms with Gasteiger partial charge in [0, 0.05) is 11.4 Å². The van der Waals surface area contributed by atoms with Crippen molar-refractivity contribution in [2.75, 3.05) is 4.90 Å². The molecule has 0 saturated heterocycles. The van der Waals surface area contributed by atoms with Crippen LogP contribution in [0.5, 0.6) is 0 Å². The lowest BCUT2D eigenvalue weighted by atomic mass is 10.0. The van der Waals surface area contributed by atoms with Gasteiger partial charge in [0.05, 0.1) is 16.5 Å². The first-order chi connectivity index (χ1) is 10.9. The van der Waals surface area contributed by atoms with Crippen molar-refractivity contribution in [1.29, 1.82) is 0 Å². The van der Waals surface area contributed by atoms with Crippen LogP contribution in [0, 0.1) is 0 Å². The average Bonchev–Trinajstić information content (AvgIpc) is 2.46. The molecule has 1 unspecified atom stereocenters. The minimum Gasteiger partial charge on any atom is -0.479 e. The molecule has 0 bridgehead atoms. The number of carboxylic acids is 2. The van der Waals surface area contributed by atoms with Gasteiger partial charge in [-0.05, 0) is 44.3 Å². The second-order valence-corrected chi connectivity index (χ2v) is 5.01. The average molecular weight is 331 g/mol. The number of carboxylic acid groups (broad SMARTS) is 2. The molecule has 1 heterocycles. The van der Waals surface area contributed by atoms with E-state index in [0.717, 1.165) is 0 Å². The van der Waals surface area contributed by atoms with Crippen LogP contribution in [0.1, 0.15) is 13.8 Å². The zero-order valence-corrected chi connectivity index (χ0v) is 13.2. The van der Waals surface area contributed by atoms with Crippen molar-refractivity contribution in [1.82, 2.24) is 0 Å². The monoisotopic (exact) mass is 331 g/mol. The molecule has 0 aliphatic carbocycles. The molecule has 0 radical (unpaired) electrons. The molecule has 0 fully saturated rings. The summed E-state index contributed by atoms with van der Waals surface area (Å²) in [5.74, 6) is -2.45. The predicted molar refractivity (Wildman–Crippen MR) is 88.5 cm³/mol. The highest BCUT2D eigenvalue weighted by Gasteiger charge is 2.38. The van der Waals surface area contributed by atoms with Crippen molar-refractivity contribution in [2.24, 2.45) is 9.98 Å². The summed E-state index contributed by atoms with van der Waals surface area (Å²) in [6, 6.07) is 5.23. The van der Waals surface area contributed by atoms with E-state index in [1.54, 1.807) is 31.2 Å². The minimum absolute atomic E-state index is 0.188. The Morgan fingerprint density at radius 2 is 2.04 bits per heavy atom. The molecule has 0 aromatic heterocycles. The molecular weight excluding hydrogens is 318 g/mol. The first kappa shape index (κ1) is 16.5. The molecule has 1 aliphatic rings. The van der Waals surface area contributed by atoms with Crippen molar-refractivity contribution in [3.8, 4) is 0 Å². The Labute approximate surface area is 137 Å². The summed E-state index contributed by atoms with van der Waals surface area (Å²) in [4.78, 5) is 32.4. The van der Waals surface area contributed by atoms with Gasteiger partial charge in [0.15, 0.2) is 6.04 Å². The summed E-state index contributed by atoms with van der Waals surface area (Å²) in [7, 11) is 0.